The third-order valence-corrected chi connectivity index (χ3v) is 2.87. The number of ether oxygens (including phenoxy) is 1. The Morgan fingerprint density at radius 2 is 2.19 bits per heavy atom. The van der Waals surface area contributed by atoms with E-state index in [0.29, 0.717) is 12.2 Å². The lowest BCUT2D eigenvalue weighted by Crippen LogP contribution is -2.41. The lowest BCUT2D eigenvalue weighted by Gasteiger charge is -2.14. The zero-order valence-corrected chi connectivity index (χ0v) is 12.0. The number of halogens is 1. The summed E-state index contributed by atoms with van der Waals surface area (Å²) in [7, 11) is 0. The fraction of sp³-hybridized carbons (Fsp3) is 0.467. The number of rotatable bonds is 9. The van der Waals surface area contributed by atoms with Crippen molar-refractivity contribution in [3.05, 3.63) is 30.1 Å². The summed E-state index contributed by atoms with van der Waals surface area (Å²) >= 11 is 0. The van der Waals surface area contributed by atoms with Crippen molar-refractivity contribution in [3.8, 4) is 5.75 Å². The molecule has 0 radical (unpaired) electrons. The van der Waals surface area contributed by atoms with E-state index in [1.807, 2.05) is 6.92 Å². The van der Waals surface area contributed by atoms with E-state index in [0.717, 1.165) is 12.8 Å². The fourth-order valence-corrected chi connectivity index (χ4v) is 1.75. The Morgan fingerprint density at radius 1 is 1.43 bits per heavy atom. The molecule has 2 N–H and O–H groups in total. The fourth-order valence-electron chi connectivity index (χ4n) is 1.75. The van der Waals surface area contributed by atoms with Crippen LogP contribution >= 0.6 is 0 Å². The van der Waals surface area contributed by atoms with Gasteiger partial charge in [-0.25, -0.2) is 9.18 Å². The molecule has 1 atom stereocenters. The molecular weight excluding hydrogens is 277 g/mol. The van der Waals surface area contributed by atoms with Crippen LogP contribution in [0, 0.1) is 5.82 Å². The Hall–Kier alpha value is -2.11. The average molecular weight is 297 g/mol. The molecule has 1 aromatic carbocycles. The summed E-state index contributed by atoms with van der Waals surface area (Å²) in [4.78, 5) is 22.6. The Bertz CT molecular complexity index is 478. The Kier molecular flexibility index (Phi) is 7.21. The van der Waals surface area contributed by atoms with E-state index in [4.69, 9.17) is 9.84 Å². The van der Waals surface area contributed by atoms with Crippen LogP contribution in [0.2, 0.25) is 0 Å². The van der Waals surface area contributed by atoms with Gasteiger partial charge < -0.3 is 15.2 Å². The quantitative estimate of drug-likeness (QED) is 0.733. The molecule has 21 heavy (non-hydrogen) atoms. The van der Waals surface area contributed by atoms with Crippen molar-refractivity contribution < 1.29 is 23.8 Å². The minimum Gasteiger partial charge on any atom is -0.493 e. The van der Waals surface area contributed by atoms with Crippen LogP contribution in [0.1, 0.15) is 32.6 Å². The number of hydrogen-bond donors (Lipinski definition) is 2. The molecule has 116 valence electrons. The second-order valence-electron chi connectivity index (χ2n) is 4.66. The van der Waals surface area contributed by atoms with Crippen LogP contribution in [-0.2, 0) is 9.59 Å². The third kappa shape index (κ3) is 6.74. The lowest BCUT2D eigenvalue weighted by atomic mass is 10.1. The molecule has 0 unspecified atom stereocenters. The van der Waals surface area contributed by atoms with E-state index in [-0.39, 0.29) is 13.0 Å². The van der Waals surface area contributed by atoms with Gasteiger partial charge in [0, 0.05) is 6.07 Å². The second kappa shape index (κ2) is 8.94. The van der Waals surface area contributed by atoms with E-state index in [2.05, 4.69) is 5.32 Å². The van der Waals surface area contributed by atoms with E-state index in [9.17, 15) is 14.0 Å². The van der Waals surface area contributed by atoms with Crippen LogP contribution in [-0.4, -0.2) is 29.6 Å². The van der Waals surface area contributed by atoms with Crippen LogP contribution in [0.5, 0.6) is 5.75 Å². The van der Waals surface area contributed by atoms with Gasteiger partial charge in [-0.15, -0.1) is 0 Å². The number of hydrogen-bond acceptors (Lipinski definition) is 3. The van der Waals surface area contributed by atoms with Crippen molar-refractivity contribution in [2.75, 3.05) is 6.61 Å². The lowest BCUT2D eigenvalue weighted by molar-refractivity contribution is -0.142. The molecular formula is C15H20FNO4. The molecule has 0 aliphatic rings. The van der Waals surface area contributed by atoms with E-state index in [1.54, 1.807) is 6.07 Å². The van der Waals surface area contributed by atoms with E-state index >= 15 is 0 Å². The van der Waals surface area contributed by atoms with Gasteiger partial charge in [0.15, 0.2) is 0 Å². The highest BCUT2D eigenvalue weighted by molar-refractivity contribution is 5.83. The smallest absolute Gasteiger partial charge is 0.326 e. The molecule has 0 aliphatic heterocycles. The zero-order valence-electron chi connectivity index (χ0n) is 12.0. The third-order valence-electron chi connectivity index (χ3n) is 2.87. The maximum atomic E-state index is 12.9. The van der Waals surface area contributed by atoms with Crippen molar-refractivity contribution >= 4 is 11.9 Å². The highest BCUT2D eigenvalue weighted by Gasteiger charge is 2.18. The largest absolute Gasteiger partial charge is 0.493 e. The summed E-state index contributed by atoms with van der Waals surface area (Å²) in [5.74, 6) is -1.51. The summed E-state index contributed by atoms with van der Waals surface area (Å²) < 4.78 is 18.1. The molecule has 6 heteroatoms. The van der Waals surface area contributed by atoms with Crippen molar-refractivity contribution in [1.82, 2.24) is 5.32 Å². The summed E-state index contributed by atoms with van der Waals surface area (Å²) in [6, 6.07) is 4.74. The van der Waals surface area contributed by atoms with Crippen LogP contribution in [0.3, 0.4) is 0 Å². The van der Waals surface area contributed by atoms with Gasteiger partial charge in [-0.2, -0.15) is 0 Å². The molecule has 0 saturated heterocycles. The minimum atomic E-state index is -1.04. The molecule has 0 aliphatic carbocycles. The predicted molar refractivity (Wildman–Crippen MR) is 75.6 cm³/mol. The van der Waals surface area contributed by atoms with Crippen molar-refractivity contribution in [2.24, 2.45) is 0 Å². The maximum absolute atomic E-state index is 12.9. The van der Waals surface area contributed by atoms with Crippen molar-refractivity contribution in [2.45, 2.75) is 38.6 Å². The first kappa shape index (κ1) is 16.9. The summed E-state index contributed by atoms with van der Waals surface area (Å²) in [6.45, 7) is 2.02. The molecule has 1 rings (SSSR count). The SMILES string of the molecule is CCCC[C@H](NC(=O)CCOc1cccc(F)c1)C(=O)O. The highest BCUT2D eigenvalue weighted by Crippen LogP contribution is 2.12. The number of carboxylic acid groups (broad SMARTS) is 1. The van der Waals surface area contributed by atoms with Gasteiger partial charge in [-0.05, 0) is 18.6 Å². The molecule has 5 nitrogen and oxygen atoms in total. The van der Waals surface area contributed by atoms with Crippen molar-refractivity contribution in [1.29, 1.82) is 0 Å². The molecule has 0 bridgehead atoms. The van der Waals surface area contributed by atoms with Crippen LogP contribution < -0.4 is 10.1 Å². The number of aliphatic carboxylic acids is 1. The van der Waals surface area contributed by atoms with Crippen LogP contribution in [0.15, 0.2) is 24.3 Å². The predicted octanol–water partition coefficient (Wildman–Crippen LogP) is 2.35. The normalized spacial score (nSPS) is 11.7. The molecule has 1 aromatic rings. The van der Waals surface area contributed by atoms with Crippen molar-refractivity contribution in [3.63, 3.8) is 0 Å². The topological polar surface area (TPSA) is 75.6 Å². The molecule has 0 saturated carbocycles. The van der Waals surface area contributed by atoms with Gasteiger partial charge in [0.25, 0.3) is 0 Å². The highest BCUT2D eigenvalue weighted by atomic mass is 19.1. The van der Waals surface area contributed by atoms with Gasteiger partial charge >= 0.3 is 5.97 Å². The molecule has 1 amide bonds. The van der Waals surface area contributed by atoms with Gasteiger partial charge in [0.2, 0.25) is 5.91 Å². The average Bonchev–Trinajstić information content (AvgIpc) is 2.43. The van der Waals surface area contributed by atoms with E-state index in [1.165, 1.54) is 18.2 Å². The molecule has 0 heterocycles. The molecule has 0 spiro atoms. The number of nitrogens with one attached hydrogen (secondary N) is 1. The standard InChI is InChI=1S/C15H20FNO4/c1-2-3-7-13(15(19)20)17-14(18)8-9-21-12-6-4-5-11(16)10-12/h4-6,10,13H,2-3,7-9H2,1H3,(H,17,18)(H,19,20)/t13-/m0/s1. The number of carbonyl (C=O) groups excluding carboxylic acids is 1. The second-order valence-corrected chi connectivity index (χ2v) is 4.66. The zero-order chi connectivity index (χ0) is 15.7. The number of carboxylic acids is 1. The summed E-state index contributed by atoms with van der Waals surface area (Å²) in [5.41, 5.74) is 0. The maximum Gasteiger partial charge on any atom is 0.326 e. The first-order chi connectivity index (χ1) is 10.0. The van der Waals surface area contributed by atoms with Crippen LogP contribution in [0.25, 0.3) is 0 Å². The Morgan fingerprint density at radius 3 is 2.81 bits per heavy atom. The van der Waals surface area contributed by atoms with E-state index < -0.39 is 23.7 Å². The number of carbonyl (C=O) groups is 2. The van der Waals surface area contributed by atoms with Crippen LogP contribution in [0.4, 0.5) is 4.39 Å². The number of amides is 1. The van der Waals surface area contributed by atoms with Gasteiger partial charge in [-0.1, -0.05) is 25.8 Å². The monoisotopic (exact) mass is 297 g/mol. The Labute approximate surface area is 123 Å². The van der Waals surface area contributed by atoms with Gasteiger partial charge in [0.1, 0.15) is 17.6 Å². The minimum absolute atomic E-state index is 0.0203. The first-order valence-electron chi connectivity index (χ1n) is 6.93. The van der Waals surface area contributed by atoms with Gasteiger partial charge in [-0.3, -0.25) is 4.79 Å². The molecule has 0 aromatic heterocycles. The number of benzene rings is 1. The molecule has 0 fully saturated rings. The first-order valence-corrected chi connectivity index (χ1v) is 6.93. The Balaban J connectivity index is 2.34. The van der Waals surface area contributed by atoms with Gasteiger partial charge in [0.05, 0.1) is 13.0 Å². The summed E-state index contributed by atoms with van der Waals surface area (Å²) in [5, 5.41) is 11.5. The number of unbranched alkanes of at least 4 members (excludes halogenated alkanes) is 1. The summed E-state index contributed by atoms with van der Waals surface area (Å²) in [6.07, 6.45) is 2.02.